The van der Waals surface area contributed by atoms with Crippen LogP contribution in [0.2, 0.25) is 5.02 Å². The minimum atomic E-state index is -0.870. The molecule has 3 nitrogen and oxygen atoms in total. The Morgan fingerprint density at radius 3 is 2.55 bits per heavy atom. The summed E-state index contributed by atoms with van der Waals surface area (Å²) in [6.07, 6.45) is 0. The molecule has 2 aromatic rings. The Morgan fingerprint density at radius 1 is 1.25 bits per heavy atom. The average molecular weight is 298 g/mol. The molecule has 1 aromatic heterocycles. The first-order valence-corrected chi connectivity index (χ1v) is 6.38. The highest BCUT2D eigenvalue weighted by Crippen LogP contribution is 2.31. The summed E-state index contributed by atoms with van der Waals surface area (Å²) in [5.74, 6) is -1.99. The van der Waals surface area contributed by atoms with Crippen LogP contribution in [-0.2, 0) is 0 Å². The predicted octanol–water partition coefficient (Wildman–Crippen LogP) is 3.79. The molecule has 2 N–H and O–H groups in total. The van der Waals surface area contributed by atoms with E-state index in [0.29, 0.717) is 5.02 Å². The number of hydrogen-bond acceptors (Lipinski definition) is 3. The maximum absolute atomic E-state index is 13.8. The highest BCUT2D eigenvalue weighted by atomic mass is 35.5. The van der Waals surface area contributed by atoms with E-state index in [1.54, 1.807) is 18.0 Å². The van der Waals surface area contributed by atoms with Gasteiger partial charge in [0.25, 0.3) is 0 Å². The second-order valence-corrected chi connectivity index (χ2v) is 4.88. The minimum Gasteiger partial charge on any atom is -0.381 e. The molecule has 1 heterocycles. The molecular formula is C14H14ClF2N3. The van der Waals surface area contributed by atoms with E-state index < -0.39 is 11.6 Å². The number of pyridine rings is 1. The Labute approximate surface area is 121 Å². The van der Waals surface area contributed by atoms with Crippen molar-refractivity contribution in [3.63, 3.8) is 0 Å². The van der Waals surface area contributed by atoms with Crippen molar-refractivity contribution in [2.24, 2.45) is 0 Å². The third-order valence-electron chi connectivity index (χ3n) is 3.21. The molecule has 0 saturated carbocycles. The molecule has 20 heavy (non-hydrogen) atoms. The topological polar surface area (TPSA) is 42.2 Å². The maximum atomic E-state index is 13.8. The molecule has 0 bridgehead atoms. The van der Waals surface area contributed by atoms with E-state index in [1.165, 1.54) is 0 Å². The van der Waals surface area contributed by atoms with Crippen molar-refractivity contribution in [2.75, 3.05) is 17.7 Å². The second kappa shape index (κ2) is 5.63. The van der Waals surface area contributed by atoms with Crippen molar-refractivity contribution >= 4 is 23.2 Å². The van der Waals surface area contributed by atoms with Gasteiger partial charge >= 0.3 is 0 Å². The number of anilines is 2. The Hall–Kier alpha value is -1.88. The quantitative estimate of drug-likeness (QED) is 0.937. The third kappa shape index (κ3) is 2.67. The first-order chi connectivity index (χ1) is 9.41. The molecule has 1 aromatic carbocycles. The maximum Gasteiger partial charge on any atom is 0.168 e. The number of aromatic nitrogens is 1. The Balaban J connectivity index is 2.39. The van der Waals surface area contributed by atoms with Gasteiger partial charge in [0.05, 0.1) is 6.04 Å². The Morgan fingerprint density at radius 2 is 1.90 bits per heavy atom. The highest BCUT2D eigenvalue weighted by molar-refractivity contribution is 6.31. The molecule has 2 rings (SSSR count). The second-order valence-electron chi connectivity index (χ2n) is 4.47. The lowest BCUT2D eigenvalue weighted by atomic mass is 10.1. The fraction of sp³-hybridized carbons (Fsp3) is 0.214. The van der Waals surface area contributed by atoms with E-state index >= 15 is 0 Å². The molecular weight excluding hydrogens is 284 g/mol. The molecule has 0 fully saturated rings. The van der Waals surface area contributed by atoms with Crippen LogP contribution in [0.15, 0.2) is 30.3 Å². The van der Waals surface area contributed by atoms with Crippen molar-refractivity contribution in [1.82, 2.24) is 4.98 Å². The lowest BCUT2D eigenvalue weighted by molar-refractivity contribution is 0.567. The van der Waals surface area contributed by atoms with Crippen LogP contribution in [0, 0.1) is 11.6 Å². The summed E-state index contributed by atoms with van der Waals surface area (Å²) in [6.45, 7) is 1.85. The Bertz CT molecular complexity index is 634. The van der Waals surface area contributed by atoms with Crippen LogP contribution < -0.4 is 10.6 Å². The van der Waals surface area contributed by atoms with Gasteiger partial charge in [-0.15, -0.1) is 0 Å². The van der Waals surface area contributed by atoms with E-state index in [-0.39, 0.29) is 17.7 Å². The molecule has 1 atom stereocenters. The van der Waals surface area contributed by atoms with Gasteiger partial charge in [0.2, 0.25) is 0 Å². The standard InChI is InChI=1S/C14H14ClF2N3/c1-8(9-5-3-4-6-10(9)15)20(2)14-12(17)7-11(16)13(18)19-14/h3-8H,1-2H3,(H2,18,19). The van der Waals surface area contributed by atoms with Crippen LogP contribution in [0.3, 0.4) is 0 Å². The van der Waals surface area contributed by atoms with Crippen LogP contribution in [0.5, 0.6) is 0 Å². The van der Waals surface area contributed by atoms with Gasteiger partial charge in [-0.1, -0.05) is 29.8 Å². The van der Waals surface area contributed by atoms with E-state index in [2.05, 4.69) is 4.98 Å². The van der Waals surface area contributed by atoms with E-state index in [0.717, 1.165) is 11.6 Å². The molecule has 0 saturated heterocycles. The summed E-state index contributed by atoms with van der Waals surface area (Å²) >= 11 is 6.12. The molecule has 0 aliphatic rings. The molecule has 1 unspecified atom stereocenters. The zero-order valence-corrected chi connectivity index (χ0v) is 11.8. The molecule has 0 spiro atoms. The van der Waals surface area contributed by atoms with Gasteiger partial charge in [0.1, 0.15) is 0 Å². The van der Waals surface area contributed by atoms with Gasteiger partial charge in [0.15, 0.2) is 23.3 Å². The summed E-state index contributed by atoms with van der Waals surface area (Å²) in [5, 5.41) is 0.572. The lowest BCUT2D eigenvalue weighted by Crippen LogP contribution is -2.24. The first kappa shape index (κ1) is 14.5. The largest absolute Gasteiger partial charge is 0.381 e. The molecule has 106 valence electrons. The molecule has 0 aliphatic carbocycles. The number of nitrogens with two attached hydrogens (primary N) is 1. The van der Waals surface area contributed by atoms with Crippen molar-refractivity contribution in [3.05, 3.63) is 52.6 Å². The van der Waals surface area contributed by atoms with E-state index in [9.17, 15) is 8.78 Å². The molecule has 6 heteroatoms. The number of benzene rings is 1. The van der Waals surface area contributed by atoms with Crippen molar-refractivity contribution < 1.29 is 8.78 Å². The van der Waals surface area contributed by atoms with Crippen molar-refractivity contribution in [2.45, 2.75) is 13.0 Å². The summed E-state index contributed by atoms with van der Waals surface area (Å²) < 4.78 is 27.0. The van der Waals surface area contributed by atoms with Crippen molar-refractivity contribution in [1.29, 1.82) is 0 Å². The number of nitrogens with zero attached hydrogens (tertiary/aromatic N) is 2. The SMILES string of the molecule is CC(c1ccccc1Cl)N(C)c1nc(N)c(F)cc1F. The third-order valence-corrected chi connectivity index (χ3v) is 3.55. The van der Waals surface area contributed by atoms with Crippen LogP contribution in [0.25, 0.3) is 0 Å². The Kier molecular flexibility index (Phi) is 4.09. The number of rotatable bonds is 3. The first-order valence-electron chi connectivity index (χ1n) is 6.00. The van der Waals surface area contributed by atoms with Crippen molar-refractivity contribution in [3.8, 4) is 0 Å². The molecule has 0 radical (unpaired) electrons. The number of hydrogen-bond donors (Lipinski definition) is 1. The fourth-order valence-electron chi connectivity index (χ4n) is 1.92. The average Bonchev–Trinajstić information content (AvgIpc) is 2.42. The monoisotopic (exact) mass is 297 g/mol. The van der Waals surface area contributed by atoms with Crippen LogP contribution in [0.1, 0.15) is 18.5 Å². The summed E-state index contributed by atoms with van der Waals surface area (Å²) in [6, 6.07) is 7.74. The van der Waals surface area contributed by atoms with Gasteiger partial charge in [0, 0.05) is 18.1 Å². The molecule has 0 aliphatic heterocycles. The van der Waals surface area contributed by atoms with Gasteiger partial charge in [-0.3, -0.25) is 0 Å². The zero-order valence-electron chi connectivity index (χ0n) is 11.1. The van der Waals surface area contributed by atoms with Crippen LogP contribution >= 0.6 is 11.6 Å². The van der Waals surface area contributed by atoms with E-state index in [4.69, 9.17) is 17.3 Å². The highest BCUT2D eigenvalue weighted by Gasteiger charge is 2.20. The molecule has 0 amide bonds. The fourth-order valence-corrected chi connectivity index (χ4v) is 2.22. The van der Waals surface area contributed by atoms with Gasteiger partial charge in [-0.25, -0.2) is 13.8 Å². The lowest BCUT2D eigenvalue weighted by Gasteiger charge is -2.27. The zero-order chi connectivity index (χ0) is 14.9. The smallest absolute Gasteiger partial charge is 0.168 e. The predicted molar refractivity (Wildman–Crippen MR) is 76.8 cm³/mol. The number of halogens is 3. The van der Waals surface area contributed by atoms with E-state index in [1.807, 2.05) is 25.1 Å². The summed E-state index contributed by atoms with van der Waals surface area (Å²) in [4.78, 5) is 5.32. The van der Waals surface area contributed by atoms with Gasteiger partial charge in [-0.05, 0) is 18.6 Å². The van der Waals surface area contributed by atoms with Gasteiger partial charge < -0.3 is 10.6 Å². The normalized spacial score (nSPS) is 12.2. The van der Waals surface area contributed by atoms with Gasteiger partial charge in [-0.2, -0.15) is 0 Å². The summed E-state index contributed by atoms with van der Waals surface area (Å²) in [5.41, 5.74) is 6.21. The van der Waals surface area contributed by atoms with Crippen LogP contribution in [0.4, 0.5) is 20.4 Å². The number of nitrogen functional groups attached to an aromatic ring is 1. The van der Waals surface area contributed by atoms with Crippen LogP contribution in [-0.4, -0.2) is 12.0 Å². The minimum absolute atomic E-state index is 0.0173. The summed E-state index contributed by atoms with van der Waals surface area (Å²) in [7, 11) is 1.65.